The standard InChI is InChI=1S/C18H18N2O5/c1-10-4-5-11(6-15(10)20(22)23)12-8-18(21)19-14-9-17(25-3)16(24-2)7-13(12)14/h4-7,9,12H,8H2,1-3H3,(H,19,21)/t12-/m0/s1. The predicted octanol–water partition coefficient (Wildman–Crippen LogP) is 3.39. The number of rotatable bonds is 4. The first-order chi connectivity index (χ1) is 11.9. The van der Waals surface area contributed by atoms with E-state index in [1.807, 2.05) is 12.1 Å². The van der Waals surface area contributed by atoms with Crippen LogP contribution in [0.3, 0.4) is 0 Å². The van der Waals surface area contributed by atoms with Gasteiger partial charge in [-0.05, 0) is 24.1 Å². The molecule has 25 heavy (non-hydrogen) atoms. The zero-order valence-electron chi connectivity index (χ0n) is 14.2. The molecule has 3 rings (SSSR count). The third-order valence-corrected chi connectivity index (χ3v) is 4.43. The number of fused-ring (bicyclic) bond motifs is 1. The Hall–Kier alpha value is -3.09. The van der Waals surface area contributed by atoms with Crippen LogP contribution in [0.25, 0.3) is 0 Å². The van der Waals surface area contributed by atoms with E-state index in [0.717, 1.165) is 11.1 Å². The molecule has 1 heterocycles. The van der Waals surface area contributed by atoms with Gasteiger partial charge < -0.3 is 14.8 Å². The van der Waals surface area contributed by atoms with Crippen molar-refractivity contribution in [3.8, 4) is 11.5 Å². The number of carbonyl (C=O) groups is 1. The maximum Gasteiger partial charge on any atom is 0.272 e. The molecule has 1 atom stereocenters. The first-order valence-electron chi connectivity index (χ1n) is 7.75. The lowest BCUT2D eigenvalue weighted by molar-refractivity contribution is -0.385. The van der Waals surface area contributed by atoms with Gasteiger partial charge in [0, 0.05) is 35.7 Å². The Balaban J connectivity index is 2.15. The summed E-state index contributed by atoms with van der Waals surface area (Å²) in [7, 11) is 3.06. The Morgan fingerprint density at radius 1 is 1.16 bits per heavy atom. The van der Waals surface area contributed by atoms with Crippen molar-refractivity contribution in [3.63, 3.8) is 0 Å². The number of nitrogens with one attached hydrogen (secondary N) is 1. The molecule has 0 saturated heterocycles. The number of carbonyl (C=O) groups excluding carboxylic acids is 1. The van der Waals surface area contributed by atoms with E-state index in [1.165, 1.54) is 14.2 Å². The molecule has 7 heteroatoms. The average Bonchev–Trinajstić information content (AvgIpc) is 2.60. The summed E-state index contributed by atoms with van der Waals surface area (Å²) in [6.07, 6.45) is 0.211. The van der Waals surface area contributed by atoms with E-state index < -0.39 is 4.92 Å². The summed E-state index contributed by atoms with van der Waals surface area (Å²) >= 11 is 0. The number of amides is 1. The van der Waals surface area contributed by atoms with Crippen LogP contribution >= 0.6 is 0 Å². The van der Waals surface area contributed by atoms with Crippen molar-refractivity contribution in [2.45, 2.75) is 19.3 Å². The molecule has 1 amide bonds. The second kappa shape index (κ2) is 6.43. The van der Waals surface area contributed by atoms with Crippen molar-refractivity contribution in [1.82, 2.24) is 0 Å². The number of benzene rings is 2. The molecule has 0 fully saturated rings. The lowest BCUT2D eigenvalue weighted by atomic mass is 9.84. The van der Waals surface area contributed by atoms with Crippen LogP contribution in [0.2, 0.25) is 0 Å². The highest BCUT2D eigenvalue weighted by Gasteiger charge is 2.29. The summed E-state index contributed by atoms with van der Waals surface area (Å²) in [4.78, 5) is 23.0. The molecular weight excluding hydrogens is 324 g/mol. The SMILES string of the molecule is COc1cc2c(cc1OC)[C@H](c1ccc(C)c([N+](=O)[O-])c1)CC(=O)N2. The van der Waals surface area contributed by atoms with Gasteiger partial charge in [-0.25, -0.2) is 0 Å². The Morgan fingerprint density at radius 2 is 1.84 bits per heavy atom. The van der Waals surface area contributed by atoms with E-state index in [9.17, 15) is 14.9 Å². The van der Waals surface area contributed by atoms with E-state index in [4.69, 9.17) is 9.47 Å². The van der Waals surface area contributed by atoms with Gasteiger partial charge in [-0.15, -0.1) is 0 Å². The van der Waals surface area contributed by atoms with Crippen molar-refractivity contribution >= 4 is 17.3 Å². The number of anilines is 1. The number of methoxy groups -OCH3 is 2. The number of nitro benzene ring substituents is 1. The summed E-state index contributed by atoms with van der Waals surface area (Å²) in [5, 5.41) is 14.1. The quantitative estimate of drug-likeness (QED) is 0.679. The molecule has 1 aliphatic heterocycles. The van der Waals surface area contributed by atoms with Crippen LogP contribution in [0.1, 0.15) is 29.0 Å². The van der Waals surface area contributed by atoms with Crippen molar-refractivity contribution in [2.24, 2.45) is 0 Å². The maximum atomic E-state index is 12.1. The van der Waals surface area contributed by atoms with Gasteiger partial charge in [0.25, 0.3) is 5.69 Å². The second-order valence-electron chi connectivity index (χ2n) is 5.90. The van der Waals surface area contributed by atoms with Gasteiger partial charge in [-0.3, -0.25) is 14.9 Å². The molecule has 0 saturated carbocycles. The van der Waals surface area contributed by atoms with Gasteiger partial charge >= 0.3 is 0 Å². The molecule has 0 unspecified atom stereocenters. The Labute approximate surface area is 144 Å². The van der Waals surface area contributed by atoms with Crippen LogP contribution in [-0.2, 0) is 4.79 Å². The summed E-state index contributed by atoms with van der Waals surface area (Å²) < 4.78 is 10.6. The van der Waals surface area contributed by atoms with Crippen LogP contribution < -0.4 is 14.8 Å². The smallest absolute Gasteiger partial charge is 0.272 e. The second-order valence-corrected chi connectivity index (χ2v) is 5.90. The van der Waals surface area contributed by atoms with Crippen LogP contribution in [-0.4, -0.2) is 25.1 Å². The fourth-order valence-corrected chi connectivity index (χ4v) is 3.13. The third kappa shape index (κ3) is 3.00. The molecule has 0 spiro atoms. The van der Waals surface area contributed by atoms with Crippen molar-refractivity contribution < 1.29 is 19.2 Å². The van der Waals surface area contributed by atoms with E-state index in [2.05, 4.69) is 5.32 Å². The van der Waals surface area contributed by atoms with Crippen molar-refractivity contribution in [1.29, 1.82) is 0 Å². The highest BCUT2D eigenvalue weighted by molar-refractivity contribution is 5.96. The van der Waals surface area contributed by atoms with Crippen LogP contribution in [0, 0.1) is 17.0 Å². The molecule has 0 aliphatic carbocycles. The van der Waals surface area contributed by atoms with Crippen LogP contribution in [0.15, 0.2) is 30.3 Å². The van der Waals surface area contributed by atoms with Gasteiger partial charge in [0.05, 0.1) is 19.1 Å². The van der Waals surface area contributed by atoms with E-state index >= 15 is 0 Å². The summed E-state index contributed by atoms with van der Waals surface area (Å²) in [5.41, 5.74) is 2.82. The number of nitro groups is 1. The van der Waals surface area contributed by atoms with Crippen LogP contribution in [0.5, 0.6) is 11.5 Å². The minimum absolute atomic E-state index is 0.0468. The fourth-order valence-electron chi connectivity index (χ4n) is 3.13. The van der Waals surface area contributed by atoms with Gasteiger partial charge in [0.2, 0.25) is 5.91 Å². The highest BCUT2D eigenvalue weighted by atomic mass is 16.6. The largest absolute Gasteiger partial charge is 0.493 e. The molecule has 0 bridgehead atoms. The maximum absolute atomic E-state index is 12.1. The normalized spacial score (nSPS) is 16.0. The molecule has 0 aromatic heterocycles. The van der Waals surface area contributed by atoms with Gasteiger partial charge in [-0.1, -0.05) is 12.1 Å². The summed E-state index contributed by atoms with van der Waals surface area (Å²) in [6.45, 7) is 1.69. The van der Waals surface area contributed by atoms with Gasteiger partial charge in [-0.2, -0.15) is 0 Å². The van der Waals surface area contributed by atoms with Crippen LogP contribution in [0.4, 0.5) is 11.4 Å². The van der Waals surface area contributed by atoms with Gasteiger partial charge in [0.15, 0.2) is 11.5 Å². The topological polar surface area (TPSA) is 90.7 Å². The van der Waals surface area contributed by atoms with E-state index in [1.54, 1.807) is 25.1 Å². The average molecular weight is 342 g/mol. The lowest BCUT2D eigenvalue weighted by Gasteiger charge is -2.27. The van der Waals surface area contributed by atoms with Crippen molar-refractivity contribution in [3.05, 3.63) is 57.1 Å². The molecule has 7 nitrogen and oxygen atoms in total. The monoisotopic (exact) mass is 342 g/mol. The predicted molar refractivity (Wildman–Crippen MR) is 92.5 cm³/mol. The first kappa shape index (κ1) is 16.8. The third-order valence-electron chi connectivity index (χ3n) is 4.43. The molecule has 130 valence electrons. The van der Waals surface area contributed by atoms with Crippen molar-refractivity contribution in [2.75, 3.05) is 19.5 Å². The Kier molecular flexibility index (Phi) is 4.31. The van der Waals surface area contributed by atoms with E-state index in [0.29, 0.717) is 22.7 Å². The molecule has 2 aromatic rings. The number of nitrogens with zero attached hydrogens (tertiary/aromatic N) is 1. The van der Waals surface area contributed by atoms with E-state index in [-0.39, 0.29) is 23.9 Å². The zero-order valence-corrected chi connectivity index (χ0v) is 14.2. The summed E-state index contributed by atoms with van der Waals surface area (Å²) in [6, 6.07) is 8.59. The minimum atomic E-state index is -0.406. The lowest BCUT2D eigenvalue weighted by Crippen LogP contribution is -2.23. The number of ether oxygens (including phenoxy) is 2. The molecule has 1 N–H and O–H groups in total. The first-order valence-corrected chi connectivity index (χ1v) is 7.75. The number of hydrogen-bond acceptors (Lipinski definition) is 5. The molecule has 1 aliphatic rings. The highest BCUT2D eigenvalue weighted by Crippen LogP contribution is 2.43. The summed E-state index contributed by atoms with van der Waals surface area (Å²) in [5.74, 6) is 0.622. The fraction of sp³-hybridized carbons (Fsp3) is 0.278. The molecule has 2 aromatic carbocycles. The van der Waals surface area contributed by atoms with Gasteiger partial charge in [0.1, 0.15) is 0 Å². The molecular formula is C18H18N2O5. The Bertz CT molecular complexity index is 863. The Morgan fingerprint density at radius 3 is 2.48 bits per heavy atom. The zero-order chi connectivity index (χ0) is 18.1. The minimum Gasteiger partial charge on any atom is -0.493 e. The number of aryl methyl sites for hydroxylation is 1. The molecule has 0 radical (unpaired) electrons. The number of hydrogen-bond donors (Lipinski definition) is 1.